The summed E-state index contributed by atoms with van der Waals surface area (Å²) >= 11 is 1.55. The number of fused-ring (bicyclic) bond motifs is 1. The summed E-state index contributed by atoms with van der Waals surface area (Å²) in [7, 11) is 0. The molecule has 1 amide bonds. The topological polar surface area (TPSA) is 77.1 Å². The molecule has 0 saturated heterocycles. The number of rotatable bonds is 5. The number of amides is 1. The second-order valence-electron chi connectivity index (χ2n) is 6.08. The molecule has 4 aromatic rings. The van der Waals surface area contributed by atoms with Gasteiger partial charge in [0.1, 0.15) is 0 Å². The summed E-state index contributed by atoms with van der Waals surface area (Å²) in [5, 5.41) is 9.41. The zero-order chi connectivity index (χ0) is 18.1. The molecule has 26 heavy (non-hydrogen) atoms. The van der Waals surface area contributed by atoms with E-state index >= 15 is 0 Å². The highest BCUT2D eigenvalue weighted by molar-refractivity contribution is 7.15. The molecular weight excluding hydrogens is 348 g/mol. The van der Waals surface area contributed by atoms with Crippen molar-refractivity contribution in [1.82, 2.24) is 29.5 Å². The number of pyridine rings is 1. The van der Waals surface area contributed by atoms with Gasteiger partial charge in [0.05, 0.1) is 24.4 Å². The molecule has 7 nitrogen and oxygen atoms in total. The fourth-order valence-corrected chi connectivity index (χ4v) is 3.67. The standard InChI is InChI=1S/C18H18N6OS/c1-12(15-10-20-24(13(15)2)16-5-3-4-6-19-16)21-17(25)9-14-11-23-7-8-26-18(23)22-14/h3-8,10-12H,9H2,1-2H3,(H,21,25)/t12-/m0/s1. The average Bonchev–Trinajstić information content (AvgIpc) is 3.30. The molecular formula is C18H18N6OS. The molecule has 4 rings (SSSR count). The SMILES string of the molecule is Cc1c([C@H](C)NC(=O)Cc2cn3ccsc3n2)cnn1-c1ccccn1. The van der Waals surface area contributed by atoms with Crippen molar-refractivity contribution in [2.45, 2.75) is 26.3 Å². The number of carbonyl (C=O) groups excluding carboxylic acids is 1. The Kier molecular flexibility index (Phi) is 4.26. The van der Waals surface area contributed by atoms with Crippen molar-refractivity contribution in [1.29, 1.82) is 0 Å². The molecule has 0 aliphatic rings. The third-order valence-electron chi connectivity index (χ3n) is 4.24. The van der Waals surface area contributed by atoms with E-state index in [1.807, 2.05) is 54.2 Å². The van der Waals surface area contributed by atoms with E-state index in [0.717, 1.165) is 27.7 Å². The zero-order valence-electron chi connectivity index (χ0n) is 14.5. The first-order valence-corrected chi connectivity index (χ1v) is 9.16. The van der Waals surface area contributed by atoms with E-state index in [1.54, 1.807) is 28.4 Å². The summed E-state index contributed by atoms with van der Waals surface area (Å²) in [6.07, 6.45) is 7.59. The van der Waals surface area contributed by atoms with Gasteiger partial charge in [0.25, 0.3) is 0 Å². The first-order valence-electron chi connectivity index (χ1n) is 8.28. The van der Waals surface area contributed by atoms with Crippen molar-refractivity contribution in [2.24, 2.45) is 0 Å². The van der Waals surface area contributed by atoms with E-state index in [0.29, 0.717) is 0 Å². The van der Waals surface area contributed by atoms with Crippen molar-refractivity contribution >= 4 is 22.2 Å². The maximum absolute atomic E-state index is 12.4. The summed E-state index contributed by atoms with van der Waals surface area (Å²) in [6.45, 7) is 3.93. The van der Waals surface area contributed by atoms with E-state index < -0.39 is 0 Å². The Labute approximate surface area is 154 Å². The van der Waals surface area contributed by atoms with Gasteiger partial charge in [-0.2, -0.15) is 5.10 Å². The molecule has 4 aromatic heterocycles. The van der Waals surface area contributed by atoms with Gasteiger partial charge < -0.3 is 5.32 Å². The minimum Gasteiger partial charge on any atom is -0.349 e. The molecule has 1 atom stereocenters. The lowest BCUT2D eigenvalue weighted by Crippen LogP contribution is -2.28. The van der Waals surface area contributed by atoms with Gasteiger partial charge in [-0.15, -0.1) is 11.3 Å². The van der Waals surface area contributed by atoms with Crippen LogP contribution in [-0.4, -0.2) is 30.1 Å². The number of hydrogen-bond donors (Lipinski definition) is 1. The lowest BCUT2D eigenvalue weighted by Gasteiger charge is -2.13. The van der Waals surface area contributed by atoms with Gasteiger partial charge in [-0.05, 0) is 26.0 Å². The van der Waals surface area contributed by atoms with Gasteiger partial charge >= 0.3 is 0 Å². The van der Waals surface area contributed by atoms with Crippen LogP contribution in [0.25, 0.3) is 10.8 Å². The largest absolute Gasteiger partial charge is 0.349 e. The second-order valence-corrected chi connectivity index (χ2v) is 6.95. The van der Waals surface area contributed by atoms with E-state index in [-0.39, 0.29) is 18.4 Å². The lowest BCUT2D eigenvalue weighted by molar-refractivity contribution is -0.121. The molecule has 1 N–H and O–H groups in total. The quantitative estimate of drug-likeness (QED) is 0.589. The van der Waals surface area contributed by atoms with Crippen LogP contribution in [0.3, 0.4) is 0 Å². The van der Waals surface area contributed by atoms with Crippen LogP contribution in [0.1, 0.15) is 29.9 Å². The third-order valence-corrected chi connectivity index (χ3v) is 5.01. The molecule has 0 aromatic carbocycles. The fourth-order valence-electron chi connectivity index (χ4n) is 2.95. The van der Waals surface area contributed by atoms with Crippen molar-refractivity contribution in [2.75, 3.05) is 0 Å². The number of carbonyl (C=O) groups is 1. The maximum Gasteiger partial charge on any atom is 0.226 e. The molecule has 0 unspecified atom stereocenters. The molecule has 0 spiro atoms. The Morgan fingerprint density at radius 3 is 3.04 bits per heavy atom. The Hall–Kier alpha value is -3.00. The Morgan fingerprint density at radius 1 is 1.38 bits per heavy atom. The normalized spacial score (nSPS) is 12.4. The number of nitrogens with one attached hydrogen (secondary N) is 1. The second kappa shape index (κ2) is 6.72. The van der Waals surface area contributed by atoms with Crippen molar-refractivity contribution in [3.8, 4) is 5.82 Å². The summed E-state index contributed by atoms with van der Waals surface area (Å²) in [5.41, 5.74) is 2.69. The number of thiazole rings is 1. The third kappa shape index (κ3) is 3.11. The monoisotopic (exact) mass is 366 g/mol. The van der Waals surface area contributed by atoms with Gasteiger partial charge in [-0.25, -0.2) is 14.6 Å². The number of aromatic nitrogens is 5. The van der Waals surface area contributed by atoms with Crippen LogP contribution in [0.4, 0.5) is 0 Å². The molecule has 132 valence electrons. The van der Waals surface area contributed by atoms with Crippen LogP contribution >= 0.6 is 11.3 Å². The molecule has 4 heterocycles. The maximum atomic E-state index is 12.4. The highest BCUT2D eigenvalue weighted by Crippen LogP contribution is 2.19. The van der Waals surface area contributed by atoms with Crippen molar-refractivity contribution < 1.29 is 4.79 Å². The van der Waals surface area contributed by atoms with Crippen LogP contribution in [0.2, 0.25) is 0 Å². The summed E-state index contributed by atoms with van der Waals surface area (Å²) in [6, 6.07) is 5.54. The van der Waals surface area contributed by atoms with Gasteiger partial charge in [0.15, 0.2) is 10.8 Å². The van der Waals surface area contributed by atoms with Gasteiger partial charge in [0.2, 0.25) is 5.91 Å². The highest BCUT2D eigenvalue weighted by Gasteiger charge is 2.17. The molecule has 0 aliphatic heterocycles. The van der Waals surface area contributed by atoms with Crippen LogP contribution < -0.4 is 5.32 Å². The molecule has 8 heteroatoms. The summed E-state index contributed by atoms with van der Waals surface area (Å²) in [5.74, 6) is 0.695. The summed E-state index contributed by atoms with van der Waals surface area (Å²) < 4.78 is 3.71. The number of hydrogen-bond acceptors (Lipinski definition) is 5. The number of imidazole rings is 1. The van der Waals surface area contributed by atoms with E-state index in [1.165, 1.54) is 0 Å². The first-order chi connectivity index (χ1) is 12.6. The molecule has 0 radical (unpaired) electrons. The minimum absolute atomic E-state index is 0.0618. The van der Waals surface area contributed by atoms with Crippen LogP contribution in [-0.2, 0) is 11.2 Å². The molecule has 0 fully saturated rings. The van der Waals surface area contributed by atoms with E-state index in [2.05, 4.69) is 20.4 Å². The van der Waals surface area contributed by atoms with E-state index in [4.69, 9.17) is 0 Å². The minimum atomic E-state index is -0.149. The predicted octanol–water partition coefficient (Wildman–Crippen LogP) is 2.70. The predicted molar refractivity (Wildman–Crippen MR) is 99.4 cm³/mol. The van der Waals surface area contributed by atoms with Crippen molar-refractivity contribution in [3.63, 3.8) is 0 Å². The van der Waals surface area contributed by atoms with Crippen LogP contribution in [0.5, 0.6) is 0 Å². The molecule has 0 saturated carbocycles. The van der Waals surface area contributed by atoms with E-state index in [9.17, 15) is 4.79 Å². The lowest BCUT2D eigenvalue weighted by atomic mass is 10.1. The fraction of sp³-hybridized carbons (Fsp3) is 0.222. The zero-order valence-corrected chi connectivity index (χ0v) is 15.3. The Bertz CT molecular complexity index is 1020. The molecule has 0 aliphatic carbocycles. The smallest absolute Gasteiger partial charge is 0.226 e. The Balaban J connectivity index is 1.46. The molecule has 0 bridgehead atoms. The van der Waals surface area contributed by atoms with Crippen molar-refractivity contribution in [3.05, 3.63) is 65.3 Å². The highest BCUT2D eigenvalue weighted by atomic mass is 32.1. The van der Waals surface area contributed by atoms with Gasteiger partial charge in [-0.1, -0.05) is 6.07 Å². The average molecular weight is 366 g/mol. The van der Waals surface area contributed by atoms with Gasteiger partial charge in [0, 0.05) is 35.2 Å². The van der Waals surface area contributed by atoms with Gasteiger partial charge in [-0.3, -0.25) is 9.20 Å². The Morgan fingerprint density at radius 2 is 2.27 bits per heavy atom. The first kappa shape index (κ1) is 16.5. The number of nitrogens with zero attached hydrogens (tertiary/aromatic N) is 5. The van der Waals surface area contributed by atoms with Crippen LogP contribution in [0.15, 0.2) is 48.4 Å². The summed E-state index contributed by atoms with van der Waals surface area (Å²) in [4.78, 5) is 22.1. The van der Waals surface area contributed by atoms with Crippen LogP contribution in [0, 0.1) is 6.92 Å².